The van der Waals surface area contributed by atoms with Crippen molar-refractivity contribution in [3.05, 3.63) is 0 Å². The minimum atomic E-state index is -0.465. The maximum absolute atomic E-state index is 5.53. The SMILES string of the molecule is C[C@]12CCC[C@](C)(OO1)O2. The van der Waals surface area contributed by atoms with Crippen LogP contribution in [0.1, 0.15) is 33.1 Å². The molecule has 0 N–H and O–H groups in total. The van der Waals surface area contributed by atoms with Crippen LogP contribution in [0.5, 0.6) is 0 Å². The zero-order valence-electron chi connectivity index (χ0n) is 6.35. The summed E-state index contributed by atoms with van der Waals surface area (Å²) in [5.74, 6) is -0.931. The van der Waals surface area contributed by atoms with Gasteiger partial charge in [0.25, 0.3) is 0 Å². The molecule has 2 atom stereocenters. The zero-order chi connectivity index (χ0) is 7.24. The van der Waals surface area contributed by atoms with E-state index in [-0.39, 0.29) is 0 Å². The van der Waals surface area contributed by atoms with E-state index in [1.807, 2.05) is 13.8 Å². The summed E-state index contributed by atoms with van der Waals surface area (Å²) < 4.78 is 5.53. The van der Waals surface area contributed by atoms with Gasteiger partial charge >= 0.3 is 0 Å². The molecule has 2 rings (SSSR count). The van der Waals surface area contributed by atoms with Crippen LogP contribution in [0.25, 0.3) is 0 Å². The van der Waals surface area contributed by atoms with E-state index in [0.29, 0.717) is 0 Å². The van der Waals surface area contributed by atoms with Gasteiger partial charge in [-0.05, 0) is 20.3 Å². The molecule has 10 heavy (non-hydrogen) atoms. The van der Waals surface area contributed by atoms with E-state index in [1.165, 1.54) is 0 Å². The molecule has 2 aliphatic heterocycles. The van der Waals surface area contributed by atoms with Crippen LogP contribution in [0.3, 0.4) is 0 Å². The fourth-order valence-electron chi connectivity index (χ4n) is 1.58. The molecule has 58 valence electrons. The van der Waals surface area contributed by atoms with Gasteiger partial charge in [0.2, 0.25) is 11.6 Å². The lowest BCUT2D eigenvalue weighted by Gasteiger charge is -2.29. The fraction of sp³-hybridized carbons (Fsp3) is 1.00. The summed E-state index contributed by atoms with van der Waals surface area (Å²) in [6, 6.07) is 0. The van der Waals surface area contributed by atoms with E-state index < -0.39 is 11.6 Å². The van der Waals surface area contributed by atoms with Crippen molar-refractivity contribution in [3.63, 3.8) is 0 Å². The van der Waals surface area contributed by atoms with Crippen LogP contribution in [0, 0.1) is 0 Å². The van der Waals surface area contributed by atoms with Crippen LogP contribution in [0.2, 0.25) is 0 Å². The van der Waals surface area contributed by atoms with E-state index in [1.54, 1.807) is 0 Å². The Morgan fingerprint density at radius 2 is 1.50 bits per heavy atom. The minimum Gasteiger partial charge on any atom is -0.313 e. The van der Waals surface area contributed by atoms with Gasteiger partial charge in [-0.3, -0.25) is 0 Å². The molecule has 2 aliphatic rings. The Balaban J connectivity index is 2.20. The first-order valence-corrected chi connectivity index (χ1v) is 3.69. The Labute approximate surface area is 60.2 Å². The Hall–Kier alpha value is -0.120. The number of fused-ring (bicyclic) bond motifs is 2. The lowest BCUT2D eigenvalue weighted by atomic mass is 10.0. The van der Waals surface area contributed by atoms with Crippen molar-refractivity contribution in [2.75, 3.05) is 0 Å². The maximum atomic E-state index is 5.53. The number of hydrogen-bond acceptors (Lipinski definition) is 3. The molecule has 3 nitrogen and oxygen atoms in total. The van der Waals surface area contributed by atoms with E-state index in [4.69, 9.17) is 14.5 Å². The lowest BCUT2D eigenvalue weighted by molar-refractivity contribution is -0.337. The number of hydrogen-bond donors (Lipinski definition) is 0. The van der Waals surface area contributed by atoms with Crippen molar-refractivity contribution in [2.45, 2.75) is 44.7 Å². The quantitative estimate of drug-likeness (QED) is 0.483. The van der Waals surface area contributed by atoms with Crippen molar-refractivity contribution in [3.8, 4) is 0 Å². The monoisotopic (exact) mass is 144 g/mol. The third kappa shape index (κ3) is 0.856. The third-order valence-corrected chi connectivity index (χ3v) is 2.09. The van der Waals surface area contributed by atoms with Gasteiger partial charge in [0.15, 0.2) is 0 Å². The molecule has 2 fully saturated rings. The summed E-state index contributed by atoms with van der Waals surface area (Å²) in [4.78, 5) is 10.1. The lowest BCUT2D eigenvalue weighted by Crippen LogP contribution is -2.36. The molecule has 0 spiro atoms. The molecule has 0 saturated carbocycles. The molecular formula is C7H12O3. The van der Waals surface area contributed by atoms with Gasteiger partial charge in [-0.15, -0.1) is 0 Å². The third-order valence-electron chi connectivity index (χ3n) is 2.09. The van der Waals surface area contributed by atoms with Crippen LogP contribution >= 0.6 is 0 Å². The second-order valence-electron chi connectivity index (χ2n) is 3.39. The molecule has 0 aliphatic carbocycles. The molecule has 0 amide bonds. The second-order valence-corrected chi connectivity index (χ2v) is 3.39. The molecule has 3 heteroatoms. The molecule has 0 radical (unpaired) electrons. The Kier molecular flexibility index (Phi) is 1.14. The number of rotatable bonds is 0. The van der Waals surface area contributed by atoms with Crippen LogP contribution in [-0.2, 0) is 14.5 Å². The van der Waals surface area contributed by atoms with Crippen LogP contribution in [0.4, 0.5) is 0 Å². The minimum absolute atomic E-state index is 0.465. The molecule has 0 aromatic carbocycles. The highest BCUT2D eigenvalue weighted by molar-refractivity contribution is 4.79. The smallest absolute Gasteiger partial charge is 0.202 e. The molecule has 2 saturated heterocycles. The molecule has 2 bridgehead atoms. The van der Waals surface area contributed by atoms with Crippen LogP contribution in [0.15, 0.2) is 0 Å². The molecule has 2 heterocycles. The molecule has 0 aromatic heterocycles. The van der Waals surface area contributed by atoms with Crippen molar-refractivity contribution in [1.82, 2.24) is 0 Å². The number of ether oxygens (including phenoxy) is 1. The van der Waals surface area contributed by atoms with Gasteiger partial charge in [0.1, 0.15) is 0 Å². The van der Waals surface area contributed by atoms with Crippen LogP contribution in [-0.4, -0.2) is 11.6 Å². The topological polar surface area (TPSA) is 27.7 Å². The predicted molar refractivity (Wildman–Crippen MR) is 33.9 cm³/mol. The Morgan fingerprint density at radius 3 is 1.90 bits per heavy atom. The average Bonchev–Trinajstić information content (AvgIpc) is 2.03. The van der Waals surface area contributed by atoms with E-state index >= 15 is 0 Å². The maximum Gasteiger partial charge on any atom is 0.202 e. The summed E-state index contributed by atoms with van der Waals surface area (Å²) in [7, 11) is 0. The van der Waals surface area contributed by atoms with Gasteiger partial charge in [0, 0.05) is 12.8 Å². The van der Waals surface area contributed by atoms with Crippen LogP contribution < -0.4 is 0 Å². The normalized spacial score (nSPS) is 53.4. The van der Waals surface area contributed by atoms with Gasteiger partial charge in [-0.25, -0.2) is 0 Å². The van der Waals surface area contributed by atoms with E-state index in [9.17, 15) is 0 Å². The molecular weight excluding hydrogens is 132 g/mol. The Morgan fingerprint density at radius 1 is 1.00 bits per heavy atom. The van der Waals surface area contributed by atoms with Gasteiger partial charge in [-0.1, -0.05) is 0 Å². The van der Waals surface area contributed by atoms with Crippen molar-refractivity contribution in [2.24, 2.45) is 0 Å². The standard InChI is InChI=1S/C7H12O3/c1-6-4-3-5-7(2,8-6)10-9-6/h3-5H2,1-2H3/t6-,7+. The molecule has 0 aromatic rings. The van der Waals surface area contributed by atoms with Gasteiger partial charge < -0.3 is 4.74 Å². The van der Waals surface area contributed by atoms with Crippen molar-refractivity contribution >= 4 is 0 Å². The summed E-state index contributed by atoms with van der Waals surface area (Å²) in [5.41, 5.74) is 0. The predicted octanol–water partition coefficient (Wildman–Crippen LogP) is 1.58. The second kappa shape index (κ2) is 1.72. The van der Waals surface area contributed by atoms with E-state index in [2.05, 4.69) is 0 Å². The van der Waals surface area contributed by atoms with Crippen molar-refractivity contribution in [1.29, 1.82) is 0 Å². The summed E-state index contributed by atoms with van der Waals surface area (Å²) >= 11 is 0. The molecule has 0 unspecified atom stereocenters. The van der Waals surface area contributed by atoms with Gasteiger partial charge in [-0.2, -0.15) is 9.78 Å². The highest BCUT2D eigenvalue weighted by Gasteiger charge is 2.50. The first kappa shape index (κ1) is 6.58. The largest absolute Gasteiger partial charge is 0.313 e. The fourth-order valence-corrected chi connectivity index (χ4v) is 1.58. The summed E-state index contributed by atoms with van der Waals surface area (Å²) in [6.45, 7) is 3.83. The van der Waals surface area contributed by atoms with E-state index in [0.717, 1.165) is 19.3 Å². The Bertz CT molecular complexity index is 143. The highest BCUT2D eigenvalue weighted by Crippen LogP contribution is 2.43. The average molecular weight is 144 g/mol. The first-order valence-electron chi connectivity index (χ1n) is 3.69. The van der Waals surface area contributed by atoms with Gasteiger partial charge in [0.05, 0.1) is 0 Å². The first-order chi connectivity index (χ1) is 4.62. The summed E-state index contributed by atoms with van der Waals surface area (Å²) in [6.07, 6.45) is 2.98. The highest BCUT2D eigenvalue weighted by atomic mass is 17.3. The van der Waals surface area contributed by atoms with Crippen molar-refractivity contribution < 1.29 is 14.5 Å². The summed E-state index contributed by atoms with van der Waals surface area (Å²) in [5, 5.41) is 0. The zero-order valence-corrected chi connectivity index (χ0v) is 6.35.